The van der Waals surface area contributed by atoms with Crippen molar-refractivity contribution in [2.75, 3.05) is 6.54 Å². The highest BCUT2D eigenvalue weighted by Crippen LogP contribution is 2.41. The Morgan fingerprint density at radius 3 is 2.55 bits per heavy atom. The zero-order valence-electron chi connectivity index (χ0n) is 12.0. The fourth-order valence-electron chi connectivity index (χ4n) is 3.77. The second kappa shape index (κ2) is 5.00. The fourth-order valence-corrected chi connectivity index (χ4v) is 3.77. The first-order valence-electron chi connectivity index (χ1n) is 7.56. The van der Waals surface area contributed by atoms with Gasteiger partial charge in [-0.1, -0.05) is 31.9 Å². The van der Waals surface area contributed by atoms with Gasteiger partial charge in [-0.3, -0.25) is 4.99 Å². The molecule has 108 valence electrons. The molecule has 4 heteroatoms. The van der Waals surface area contributed by atoms with E-state index in [1.165, 1.54) is 31.2 Å². The maximum Gasteiger partial charge on any atom is 0.192 e. The lowest BCUT2D eigenvalue weighted by molar-refractivity contribution is 0.143. The molecule has 0 bridgehead atoms. The van der Waals surface area contributed by atoms with Crippen molar-refractivity contribution in [1.29, 1.82) is 0 Å². The number of nitrogens with two attached hydrogens (primary N) is 1. The van der Waals surface area contributed by atoms with Crippen LogP contribution in [0.5, 0.6) is 5.75 Å². The molecule has 0 radical (unpaired) electrons. The quantitative estimate of drug-likeness (QED) is 0.889. The Labute approximate surface area is 120 Å². The molecule has 3 N–H and O–H groups in total. The summed E-state index contributed by atoms with van der Waals surface area (Å²) >= 11 is 0. The minimum absolute atomic E-state index is 0.132. The second-order valence-electron chi connectivity index (χ2n) is 5.91. The van der Waals surface area contributed by atoms with E-state index in [4.69, 9.17) is 5.73 Å². The molecular formula is C16H23N3O. The van der Waals surface area contributed by atoms with Crippen LogP contribution in [0.15, 0.2) is 29.3 Å². The van der Waals surface area contributed by atoms with E-state index in [2.05, 4.69) is 16.8 Å². The lowest BCUT2D eigenvalue weighted by Crippen LogP contribution is -2.53. The summed E-state index contributed by atoms with van der Waals surface area (Å²) in [5, 5.41) is 9.52. The molecule has 1 unspecified atom stereocenters. The van der Waals surface area contributed by atoms with Gasteiger partial charge in [0.15, 0.2) is 5.96 Å². The van der Waals surface area contributed by atoms with Crippen LogP contribution >= 0.6 is 0 Å². The third-order valence-electron chi connectivity index (χ3n) is 4.89. The third-order valence-corrected chi connectivity index (χ3v) is 4.89. The van der Waals surface area contributed by atoms with Crippen molar-refractivity contribution in [2.24, 2.45) is 10.7 Å². The molecule has 4 nitrogen and oxygen atoms in total. The summed E-state index contributed by atoms with van der Waals surface area (Å²) in [6.45, 7) is 2.92. The summed E-state index contributed by atoms with van der Waals surface area (Å²) in [5.74, 6) is 0.992. The van der Waals surface area contributed by atoms with Gasteiger partial charge < -0.3 is 15.7 Å². The highest BCUT2D eigenvalue weighted by molar-refractivity contribution is 5.81. The molecule has 1 fully saturated rings. The van der Waals surface area contributed by atoms with Crippen LogP contribution < -0.4 is 5.73 Å². The number of hydrogen-bond acceptors (Lipinski definition) is 4. The lowest BCUT2D eigenvalue weighted by atomic mass is 9.85. The van der Waals surface area contributed by atoms with Gasteiger partial charge in [0.25, 0.3) is 0 Å². The SMILES string of the molecule is CCC1(c2ccc(O)cc2)CN=C(N)N1C1CCCC1. The Balaban J connectivity index is 2.00. The molecule has 1 heterocycles. The summed E-state index contributed by atoms with van der Waals surface area (Å²) in [4.78, 5) is 6.90. The summed E-state index contributed by atoms with van der Waals surface area (Å²) in [7, 11) is 0. The summed E-state index contributed by atoms with van der Waals surface area (Å²) in [6.07, 6.45) is 5.94. The molecule has 1 aliphatic heterocycles. The van der Waals surface area contributed by atoms with E-state index in [0.717, 1.165) is 13.0 Å². The average molecular weight is 273 g/mol. The molecule has 2 aliphatic rings. The van der Waals surface area contributed by atoms with E-state index < -0.39 is 0 Å². The number of aromatic hydroxyl groups is 1. The molecule has 0 amide bonds. The number of phenolic OH excluding ortho intramolecular Hbond substituents is 1. The van der Waals surface area contributed by atoms with Gasteiger partial charge in [-0.25, -0.2) is 0 Å². The van der Waals surface area contributed by atoms with Crippen LogP contribution in [-0.4, -0.2) is 28.6 Å². The van der Waals surface area contributed by atoms with Crippen LogP contribution in [0, 0.1) is 0 Å². The minimum atomic E-state index is -0.132. The highest BCUT2D eigenvalue weighted by Gasteiger charge is 2.46. The zero-order valence-corrected chi connectivity index (χ0v) is 12.0. The van der Waals surface area contributed by atoms with Gasteiger partial charge in [0.1, 0.15) is 5.75 Å². The van der Waals surface area contributed by atoms with Crippen molar-refractivity contribution in [3.05, 3.63) is 29.8 Å². The predicted molar refractivity (Wildman–Crippen MR) is 80.7 cm³/mol. The number of rotatable bonds is 3. The van der Waals surface area contributed by atoms with Crippen LogP contribution in [0.3, 0.4) is 0 Å². The van der Waals surface area contributed by atoms with Gasteiger partial charge in [-0.05, 0) is 37.0 Å². The standard InChI is InChI=1S/C16H23N3O/c1-2-16(12-7-9-14(20)10-8-12)11-18-15(17)19(16)13-5-3-4-6-13/h7-10,13,20H,2-6,11H2,1H3,(H2,17,18). The van der Waals surface area contributed by atoms with Crippen molar-refractivity contribution in [3.63, 3.8) is 0 Å². The number of nitrogens with zero attached hydrogens (tertiary/aromatic N) is 2. The molecule has 1 atom stereocenters. The third kappa shape index (κ3) is 1.94. The van der Waals surface area contributed by atoms with Gasteiger partial charge in [-0.2, -0.15) is 0 Å². The van der Waals surface area contributed by atoms with Crippen LogP contribution in [0.1, 0.15) is 44.6 Å². The number of guanidine groups is 1. The van der Waals surface area contributed by atoms with E-state index in [9.17, 15) is 5.11 Å². The largest absolute Gasteiger partial charge is 0.508 e. The van der Waals surface area contributed by atoms with Gasteiger partial charge in [-0.15, -0.1) is 0 Å². The molecule has 20 heavy (non-hydrogen) atoms. The van der Waals surface area contributed by atoms with E-state index in [-0.39, 0.29) is 5.54 Å². The van der Waals surface area contributed by atoms with Crippen LogP contribution in [0.4, 0.5) is 0 Å². The Kier molecular flexibility index (Phi) is 3.32. The van der Waals surface area contributed by atoms with Crippen LogP contribution in [0.25, 0.3) is 0 Å². The maximum absolute atomic E-state index is 9.52. The van der Waals surface area contributed by atoms with E-state index in [1.807, 2.05) is 12.1 Å². The zero-order chi connectivity index (χ0) is 14.2. The van der Waals surface area contributed by atoms with E-state index in [0.29, 0.717) is 17.8 Å². The highest BCUT2D eigenvalue weighted by atomic mass is 16.3. The molecular weight excluding hydrogens is 250 g/mol. The topological polar surface area (TPSA) is 61.9 Å². The summed E-state index contributed by atoms with van der Waals surface area (Å²) in [6, 6.07) is 8.04. The number of hydrogen-bond donors (Lipinski definition) is 2. The number of benzene rings is 1. The van der Waals surface area contributed by atoms with Crippen LogP contribution in [-0.2, 0) is 5.54 Å². The Hall–Kier alpha value is -1.71. The van der Waals surface area contributed by atoms with Crippen molar-refractivity contribution >= 4 is 5.96 Å². The minimum Gasteiger partial charge on any atom is -0.508 e. The van der Waals surface area contributed by atoms with Gasteiger partial charge >= 0.3 is 0 Å². The first-order valence-corrected chi connectivity index (χ1v) is 7.56. The number of aliphatic imine (C=N–C) groups is 1. The Morgan fingerprint density at radius 1 is 1.30 bits per heavy atom. The Morgan fingerprint density at radius 2 is 1.95 bits per heavy atom. The first kappa shape index (κ1) is 13.3. The van der Waals surface area contributed by atoms with E-state index in [1.54, 1.807) is 12.1 Å². The van der Waals surface area contributed by atoms with Crippen LogP contribution in [0.2, 0.25) is 0 Å². The van der Waals surface area contributed by atoms with Gasteiger partial charge in [0.2, 0.25) is 0 Å². The average Bonchev–Trinajstić information content (AvgIpc) is 3.07. The predicted octanol–water partition coefficient (Wildman–Crippen LogP) is 2.57. The fraction of sp³-hybridized carbons (Fsp3) is 0.562. The van der Waals surface area contributed by atoms with Crippen molar-refractivity contribution < 1.29 is 5.11 Å². The first-order chi connectivity index (χ1) is 9.67. The molecule has 0 aromatic heterocycles. The summed E-state index contributed by atoms with van der Waals surface area (Å²) in [5.41, 5.74) is 7.27. The maximum atomic E-state index is 9.52. The van der Waals surface area contributed by atoms with Gasteiger partial charge in [0.05, 0.1) is 12.1 Å². The second-order valence-corrected chi connectivity index (χ2v) is 5.91. The van der Waals surface area contributed by atoms with Gasteiger partial charge in [0, 0.05) is 6.04 Å². The smallest absolute Gasteiger partial charge is 0.192 e. The molecule has 1 aliphatic carbocycles. The summed E-state index contributed by atoms with van der Waals surface area (Å²) < 4.78 is 0. The molecule has 0 spiro atoms. The molecule has 0 saturated heterocycles. The lowest BCUT2D eigenvalue weighted by Gasteiger charge is -2.43. The molecule has 3 rings (SSSR count). The number of phenols is 1. The Bertz CT molecular complexity index is 505. The van der Waals surface area contributed by atoms with Crippen molar-refractivity contribution in [3.8, 4) is 5.75 Å². The van der Waals surface area contributed by atoms with E-state index >= 15 is 0 Å². The molecule has 1 aromatic rings. The van der Waals surface area contributed by atoms with Crippen molar-refractivity contribution in [2.45, 2.75) is 50.6 Å². The van der Waals surface area contributed by atoms with Crippen molar-refractivity contribution in [1.82, 2.24) is 4.90 Å². The monoisotopic (exact) mass is 273 g/mol. The normalized spacial score (nSPS) is 27.1. The molecule has 1 aromatic carbocycles. The molecule has 1 saturated carbocycles.